The molecule has 3 N–H and O–H groups in total. The van der Waals surface area contributed by atoms with Gasteiger partial charge in [-0.05, 0) is 30.7 Å². The lowest BCUT2D eigenvalue weighted by Crippen LogP contribution is -2.50. The Morgan fingerprint density at radius 2 is 1.74 bits per heavy atom. The fraction of sp³-hybridized carbons (Fsp3) is 0.292. The number of amidine groups is 1. The van der Waals surface area contributed by atoms with Gasteiger partial charge in [0.15, 0.2) is 5.82 Å². The van der Waals surface area contributed by atoms with E-state index in [1.165, 1.54) is 33.7 Å². The predicted molar refractivity (Wildman–Crippen MR) is 124 cm³/mol. The predicted octanol–water partition coefficient (Wildman–Crippen LogP) is 2.97. The molecule has 0 aliphatic carbocycles. The van der Waals surface area contributed by atoms with Crippen LogP contribution in [0.4, 0.5) is 18.9 Å². The number of benzene rings is 2. The molecule has 1 atom stereocenters. The van der Waals surface area contributed by atoms with Crippen LogP contribution in [0, 0.1) is 22.9 Å². The zero-order chi connectivity index (χ0) is 25.4. The minimum absolute atomic E-state index is 0.114. The van der Waals surface area contributed by atoms with E-state index in [4.69, 9.17) is 5.41 Å². The summed E-state index contributed by atoms with van der Waals surface area (Å²) in [5.41, 5.74) is -1.70. The Kier molecular flexibility index (Phi) is 6.53. The minimum atomic E-state index is -1.48. The van der Waals surface area contributed by atoms with Crippen molar-refractivity contribution in [3.8, 4) is 0 Å². The second-order valence-corrected chi connectivity index (χ2v) is 8.19. The molecule has 11 heteroatoms. The molecule has 1 unspecified atom stereocenters. The highest BCUT2D eigenvalue weighted by Crippen LogP contribution is 2.31. The summed E-state index contributed by atoms with van der Waals surface area (Å²) in [7, 11) is 0. The molecule has 184 valence electrons. The molecule has 1 aliphatic rings. The van der Waals surface area contributed by atoms with Crippen molar-refractivity contribution in [2.45, 2.75) is 19.6 Å². The first-order valence-electron chi connectivity index (χ1n) is 10.9. The highest BCUT2D eigenvalue weighted by Gasteiger charge is 2.29. The molecule has 0 radical (unpaired) electrons. The fourth-order valence-corrected chi connectivity index (χ4v) is 4.32. The van der Waals surface area contributed by atoms with Crippen molar-refractivity contribution in [2.24, 2.45) is 0 Å². The topological polar surface area (TPSA) is 110 Å². The van der Waals surface area contributed by atoms with E-state index in [1.807, 2.05) is 0 Å². The molecule has 0 amide bonds. The van der Waals surface area contributed by atoms with Gasteiger partial charge in [-0.3, -0.25) is 10.2 Å². The summed E-state index contributed by atoms with van der Waals surface area (Å²) in [6.45, 7) is 2.43. The summed E-state index contributed by atoms with van der Waals surface area (Å²) >= 11 is 0. The van der Waals surface area contributed by atoms with E-state index >= 15 is 8.78 Å². The summed E-state index contributed by atoms with van der Waals surface area (Å²) in [4.78, 5) is 26.9. The van der Waals surface area contributed by atoms with Crippen LogP contribution in [0.25, 0.3) is 10.9 Å². The Morgan fingerprint density at radius 3 is 2.31 bits per heavy atom. The molecule has 35 heavy (non-hydrogen) atoms. The van der Waals surface area contributed by atoms with Gasteiger partial charge in [-0.1, -0.05) is 12.1 Å². The van der Waals surface area contributed by atoms with E-state index in [-0.39, 0.29) is 55.1 Å². The average Bonchev–Trinajstić information content (AvgIpc) is 2.84. The third kappa shape index (κ3) is 4.34. The number of aliphatic hydroxyl groups excluding tert-OH is 1. The van der Waals surface area contributed by atoms with Gasteiger partial charge in [-0.15, -0.1) is 0 Å². The summed E-state index contributed by atoms with van der Waals surface area (Å²) in [5.74, 6) is -4.02. The molecule has 1 fully saturated rings. The van der Waals surface area contributed by atoms with Crippen LogP contribution < -0.4 is 10.3 Å². The number of carboxylic acid groups (broad SMARTS) is 1. The van der Waals surface area contributed by atoms with E-state index in [1.54, 1.807) is 11.8 Å². The lowest BCUT2D eigenvalue weighted by molar-refractivity contribution is 0.0694. The summed E-state index contributed by atoms with van der Waals surface area (Å²) in [5, 5.41) is 27.7. The monoisotopic (exact) mass is 488 g/mol. The van der Waals surface area contributed by atoms with Gasteiger partial charge < -0.3 is 24.6 Å². The molecule has 3 aromatic rings. The molecule has 2 aromatic carbocycles. The standard InChI is InChI=1S/C24H23F3N4O4/c1-2-29-12-16(24(34)35)22(33)15-11-17(26)20(18(27)19(15)29)30-7-9-31(10-8-30)23(28)21(32)13-3-5-14(25)6-4-13/h3-6,11-12,21,28,32H,2,7-10H2,1H3,(H,34,35). The van der Waals surface area contributed by atoms with Gasteiger partial charge in [0.2, 0.25) is 5.43 Å². The Bertz CT molecular complexity index is 1370. The van der Waals surface area contributed by atoms with Crippen molar-refractivity contribution in [3.63, 3.8) is 0 Å². The number of piperazine rings is 1. The number of carbonyl (C=O) groups is 1. The molecular formula is C24H23F3N4O4. The Morgan fingerprint density at radius 1 is 1.11 bits per heavy atom. The second-order valence-electron chi connectivity index (χ2n) is 8.19. The van der Waals surface area contributed by atoms with Crippen molar-refractivity contribution < 1.29 is 28.2 Å². The zero-order valence-electron chi connectivity index (χ0n) is 18.8. The average molecular weight is 488 g/mol. The van der Waals surface area contributed by atoms with Crippen LogP contribution >= 0.6 is 0 Å². The van der Waals surface area contributed by atoms with Crippen LogP contribution in [0.3, 0.4) is 0 Å². The quantitative estimate of drug-likeness (QED) is 0.376. The maximum atomic E-state index is 15.6. The first-order valence-corrected chi connectivity index (χ1v) is 10.9. The number of nitrogens with one attached hydrogen (secondary N) is 1. The smallest absolute Gasteiger partial charge is 0.341 e. The van der Waals surface area contributed by atoms with E-state index in [2.05, 4.69) is 0 Å². The summed E-state index contributed by atoms with van der Waals surface area (Å²) < 4.78 is 45.1. The third-order valence-electron chi connectivity index (χ3n) is 6.18. The van der Waals surface area contributed by atoms with Crippen LogP contribution in [0.2, 0.25) is 0 Å². The molecule has 0 saturated carbocycles. The van der Waals surface area contributed by atoms with Crippen LogP contribution in [0.5, 0.6) is 0 Å². The maximum absolute atomic E-state index is 15.6. The maximum Gasteiger partial charge on any atom is 0.341 e. The molecule has 1 aromatic heterocycles. The highest BCUT2D eigenvalue weighted by molar-refractivity contribution is 5.94. The zero-order valence-corrected chi connectivity index (χ0v) is 18.8. The molecule has 2 heterocycles. The normalized spacial score (nSPS) is 14.9. The number of rotatable bonds is 5. The number of aryl methyl sites for hydroxylation is 1. The second kappa shape index (κ2) is 9.41. The number of hydrogen-bond acceptors (Lipinski definition) is 5. The number of fused-ring (bicyclic) bond motifs is 1. The molecular weight excluding hydrogens is 465 g/mol. The summed E-state index contributed by atoms with van der Waals surface area (Å²) in [6, 6.07) is 6.00. The van der Waals surface area contributed by atoms with E-state index in [0.29, 0.717) is 5.56 Å². The van der Waals surface area contributed by atoms with Gasteiger partial charge in [-0.2, -0.15) is 0 Å². The Labute approximate surface area is 197 Å². The van der Waals surface area contributed by atoms with Crippen molar-refractivity contribution >= 4 is 28.4 Å². The number of hydrogen-bond donors (Lipinski definition) is 3. The largest absolute Gasteiger partial charge is 0.477 e. The van der Waals surface area contributed by atoms with E-state index < -0.39 is 40.5 Å². The number of aromatic carboxylic acids is 1. The van der Waals surface area contributed by atoms with Gasteiger partial charge in [0.1, 0.15) is 34.8 Å². The Balaban J connectivity index is 1.61. The van der Waals surface area contributed by atoms with Crippen molar-refractivity contribution in [1.29, 1.82) is 5.41 Å². The number of carboxylic acids is 1. The first kappa shape index (κ1) is 24.3. The van der Waals surface area contributed by atoms with Crippen molar-refractivity contribution in [3.05, 3.63) is 75.3 Å². The molecule has 0 bridgehead atoms. The molecule has 1 aliphatic heterocycles. The van der Waals surface area contributed by atoms with Gasteiger partial charge >= 0.3 is 5.97 Å². The molecule has 8 nitrogen and oxygen atoms in total. The van der Waals surface area contributed by atoms with Crippen LogP contribution in [0.1, 0.15) is 28.9 Å². The fourth-order valence-electron chi connectivity index (χ4n) is 4.32. The lowest BCUT2D eigenvalue weighted by Gasteiger charge is -2.38. The number of pyridine rings is 1. The lowest BCUT2D eigenvalue weighted by atomic mass is 10.1. The number of halogens is 3. The third-order valence-corrected chi connectivity index (χ3v) is 6.18. The Hall–Kier alpha value is -3.86. The number of aromatic nitrogens is 1. The first-order chi connectivity index (χ1) is 16.6. The van der Waals surface area contributed by atoms with Gasteiger partial charge in [0.05, 0.1) is 10.9 Å². The molecule has 1 saturated heterocycles. The number of nitrogens with zero attached hydrogens (tertiary/aromatic N) is 3. The van der Waals surface area contributed by atoms with Crippen molar-refractivity contribution in [2.75, 3.05) is 31.1 Å². The molecule has 0 spiro atoms. The van der Waals surface area contributed by atoms with Crippen LogP contribution in [0.15, 0.2) is 41.3 Å². The van der Waals surface area contributed by atoms with Gasteiger partial charge in [0.25, 0.3) is 0 Å². The van der Waals surface area contributed by atoms with Crippen molar-refractivity contribution in [1.82, 2.24) is 9.47 Å². The minimum Gasteiger partial charge on any atom is -0.477 e. The van der Waals surface area contributed by atoms with E-state index in [0.717, 1.165) is 12.3 Å². The van der Waals surface area contributed by atoms with Gasteiger partial charge in [-0.25, -0.2) is 18.0 Å². The highest BCUT2D eigenvalue weighted by atomic mass is 19.1. The SMILES string of the molecule is CCn1cc(C(=O)O)c(=O)c2cc(F)c(N3CCN(C(=N)C(O)c4ccc(F)cc4)CC3)c(F)c21. The van der Waals surface area contributed by atoms with Gasteiger partial charge in [0, 0.05) is 38.9 Å². The van der Waals surface area contributed by atoms with Crippen LogP contribution in [-0.4, -0.2) is 57.7 Å². The van der Waals surface area contributed by atoms with E-state index in [9.17, 15) is 24.2 Å². The summed E-state index contributed by atoms with van der Waals surface area (Å²) in [6.07, 6.45) is -0.229. The molecule has 4 rings (SSSR count). The van der Waals surface area contributed by atoms with Crippen LogP contribution in [-0.2, 0) is 6.54 Å². The number of aliphatic hydroxyl groups is 1. The number of anilines is 1.